The predicted octanol–water partition coefficient (Wildman–Crippen LogP) is 6.73. The lowest BCUT2D eigenvalue weighted by molar-refractivity contribution is -0.123. The third-order valence-corrected chi connectivity index (χ3v) is 7.79. The summed E-state index contributed by atoms with van der Waals surface area (Å²) >= 11 is 1.34. The minimum absolute atomic E-state index is 0.0000736. The van der Waals surface area contributed by atoms with Crippen LogP contribution in [-0.2, 0) is 9.53 Å². The van der Waals surface area contributed by atoms with Crippen molar-refractivity contribution in [2.24, 2.45) is 5.92 Å². The van der Waals surface area contributed by atoms with Gasteiger partial charge in [-0.2, -0.15) is 4.98 Å². The Bertz CT molecular complexity index is 1350. The van der Waals surface area contributed by atoms with Crippen LogP contribution in [0.25, 0.3) is 33.1 Å². The van der Waals surface area contributed by atoms with Crippen LogP contribution in [0, 0.1) is 5.92 Å². The summed E-state index contributed by atoms with van der Waals surface area (Å²) in [5, 5.41) is 0. The molecular weight excluding hydrogens is 474 g/mol. The molecule has 1 fully saturated rings. The van der Waals surface area contributed by atoms with Gasteiger partial charge in [0.05, 0.1) is 12.8 Å². The van der Waals surface area contributed by atoms with Crippen molar-refractivity contribution in [3.05, 3.63) is 53.5 Å². The summed E-state index contributed by atoms with van der Waals surface area (Å²) in [6, 6.07) is 13.3. The Morgan fingerprint density at radius 1 is 1.08 bits per heavy atom. The molecule has 36 heavy (non-hydrogen) atoms. The van der Waals surface area contributed by atoms with Gasteiger partial charge in [0.1, 0.15) is 4.88 Å². The van der Waals surface area contributed by atoms with E-state index >= 15 is 0 Å². The standard InChI is InChI=1S/C28H29N3O4S/c1-17(2)31(27(32)20-8-5-4-6-9-20)21-16-23(36-24(21)28(33)34-3)18-11-13-19(14-12-18)26-30-25-22(35-26)10-7-15-29-25/h7,10-17,20H,4-6,8-9H2,1-3H3. The van der Waals surface area contributed by atoms with Crippen LogP contribution < -0.4 is 4.90 Å². The molecule has 4 aromatic rings. The average molecular weight is 504 g/mol. The first-order chi connectivity index (χ1) is 17.5. The topological polar surface area (TPSA) is 85.5 Å². The van der Waals surface area contributed by atoms with Crippen LogP contribution in [0.15, 0.2) is 53.1 Å². The van der Waals surface area contributed by atoms with Crippen molar-refractivity contribution < 1.29 is 18.7 Å². The van der Waals surface area contributed by atoms with Gasteiger partial charge in [0.2, 0.25) is 11.8 Å². The van der Waals surface area contributed by atoms with Gasteiger partial charge in [-0.25, -0.2) is 9.78 Å². The zero-order valence-electron chi connectivity index (χ0n) is 20.7. The smallest absolute Gasteiger partial charge is 0.350 e. The molecule has 3 heterocycles. The number of esters is 1. The lowest BCUT2D eigenvalue weighted by atomic mass is 9.88. The number of pyridine rings is 1. The number of fused-ring (bicyclic) bond motifs is 1. The number of thiophene rings is 1. The van der Waals surface area contributed by atoms with Crippen LogP contribution in [0.2, 0.25) is 0 Å². The largest absolute Gasteiger partial charge is 0.465 e. The van der Waals surface area contributed by atoms with Crippen molar-refractivity contribution in [2.75, 3.05) is 12.0 Å². The number of hydrogen-bond donors (Lipinski definition) is 0. The maximum absolute atomic E-state index is 13.6. The molecule has 0 aliphatic heterocycles. The van der Waals surface area contributed by atoms with Crippen LogP contribution in [0.5, 0.6) is 0 Å². The predicted molar refractivity (Wildman–Crippen MR) is 141 cm³/mol. The third kappa shape index (κ3) is 4.65. The fourth-order valence-electron chi connectivity index (χ4n) is 4.81. The first-order valence-corrected chi connectivity index (χ1v) is 13.2. The number of methoxy groups -OCH3 is 1. The number of benzene rings is 1. The number of carbonyl (C=O) groups is 2. The van der Waals surface area contributed by atoms with Gasteiger partial charge in [0, 0.05) is 28.6 Å². The van der Waals surface area contributed by atoms with Crippen LogP contribution in [0.3, 0.4) is 0 Å². The Morgan fingerprint density at radius 3 is 2.47 bits per heavy atom. The van der Waals surface area contributed by atoms with Crippen LogP contribution in [-0.4, -0.2) is 35.0 Å². The van der Waals surface area contributed by atoms with Crippen molar-refractivity contribution in [1.29, 1.82) is 0 Å². The minimum Gasteiger partial charge on any atom is -0.465 e. The molecular formula is C28H29N3O4S. The van der Waals surface area contributed by atoms with E-state index in [1.807, 2.05) is 56.3 Å². The third-order valence-electron chi connectivity index (χ3n) is 6.63. The Balaban J connectivity index is 1.49. The molecule has 0 radical (unpaired) electrons. The molecule has 1 aliphatic rings. The highest BCUT2D eigenvalue weighted by Crippen LogP contribution is 2.40. The van der Waals surface area contributed by atoms with Crippen molar-refractivity contribution in [3.63, 3.8) is 0 Å². The highest BCUT2D eigenvalue weighted by Gasteiger charge is 2.32. The summed E-state index contributed by atoms with van der Waals surface area (Å²) < 4.78 is 10.9. The van der Waals surface area contributed by atoms with Gasteiger partial charge < -0.3 is 14.1 Å². The molecule has 0 spiro atoms. The molecule has 0 saturated heterocycles. The van der Waals surface area contributed by atoms with E-state index in [1.54, 1.807) is 11.1 Å². The molecule has 1 amide bonds. The molecule has 1 aliphatic carbocycles. The van der Waals surface area contributed by atoms with Gasteiger partial charge in [-0.1, -0.05) is 31.4 Å². The van der Waals surface area contributed by atoms with Crippen molar-refractivity contribution >= 4 is 40.1 Å². The zero-order chi connectivity index (χ0) is 25.2. The molecule has 1 saturated carbocycles. The number of carbonyl (C=O) groups excluding carboxylic acids is 2. The molecule has 1 aromatic carbocycles. The number of rotatable bonds is 6. The highest BCUT2D eigenvalue weighted by atomic mass is 32.1. The fourth-order valence-corrected chi connectivity index (χ4v) is 5.88. The van der Waals surface area contributed by atoms with Gasteiger partial charge >= 0.3 is 5.97 Å². The number of oxazole rings is 1. The molecule has 8 heteroatoms. The van der Waals surface area contributed by atoms with Gasteiger partial charge in [0.25, 0.3) is 0 Å². The maximum atomic E-state index is 13.6. The number of nitrogens with zero attached hydrogens (tertiary/aromatic N) is 3. The van der Waals surface area contributed by atoms with Crippen LogP contribution in [0.1, 0.15) is 55.6 Å². The number of amides is 1. The van der Waals surface area contributed by atoms with E-state index in [9.17, 15) is 9.59 Å². The fraction of sp³-hybridized carbons (Fsp3) is 0.357. The molecule has 5 rings (SSSR count). The van der Waals surface area contributed by atoms with Crippen LogP contribution >= 0.6 is 11.3 Å². The zero-order valence-corrected chi connectivity index (χ0v) is 21.5. The Hall–Kier alpha value is -3.52. The summed E-state index contributed by atoms with van der Waals surface area (Å²) in [6.45, 7) is 3.98. The number of anilines is 1. The van der Waals surface area contributed by atoms with Gasteiger partial charge in [-0.15, -0.1) is 11.3 Å². The van der Waals surface area contributed by atoms with E-state index in [0.29, 0.717) is 27.7 Å². The summed E-state index contributed by atoms with van der Waals surface area (Å²) in [7, 11) is 1.37. The quantitative estimate of drug-likeness (QED) is 0.271. The van der Waals surface area contributed by atoms with Crippen LogP contribution in [0.4, 0.5) is 5.69 Å². The molecule has 0 bridgehead atoms. The number of aromatic nitrogens is 2. The van der Waals surface area contributed by atoms with Gasteiger partial charge in [-0.3, -0.25) is 4.79 Å². The molecule has 0 atom stereocenters. The normalized spacial score (nSPS) is 14.3. The average Bonchev–Trinajstić information content (AvgIpc) is 3.54. The molecule has 7 nitrogen and oxygen atoms in total. The van der Waals surface area contributed by atoms with E-state index in [-0.39, 0.29) is 17.9 Å². The Kier molecular flexibility index (Phi) is 6.87. The summed E-state index contributed by atoms with van der Waals surface area (Å²) in [6.07, 6.45) is 6.81. The molecule has 0 N–H and O–H groups in total. The van der Waals surface area contributed by atoms with E-state index < -0.39 is 5.97 Å². The second kappa shape index (κ2) is 10.2. The Labute approximate surface area is 214 Å². The molecule has 186 valence electrons. The van der Waals surface area contributed by atoms with Crippen molar-refractivity contribution in [1.82, 2.24) is 9.97 Å². The Morgan fingerprint density at radius 2 is 1.81 bits per heavy atom. The lowest BCUT2D eigenvalue weighted by Gasteiger charge is -2.32. The summed E-state index contributed by atoms with van der Waals surface area (Å²) in [4.78, 5) is 38.2. The van der Waals surface area contributed by atoms with Gasteiger partial charge in [0.15, 0.2) is 11.2 Å². The molecule has 3 aromatic heterocycles. The van der Waals surface area contributed by atoms with Crippen molar-refractivity contribution in [2.45, 2.75) is 52.0 Å². The first-order valence-electron chi connectivity index (χ1n) is 12.3. The van der Waals surface area contributed by atoms with Crippen molar-refractivity contribution in [3.8, 4) is 21.9 Å². The second-order valence-electron chi connectivity index (χ2n) is 9.38. The van der Waals surface area contributed by atoms with E-state index in [2.05, 4.69) is 9.97 Å². The van der Waals surface area contributed by atoms with E-state index in [0.717, 1.165) is 41.7 Å². The SMILES string of the molecule is COC(=O)c1sc(-c2ccc(-c3nc4ncccc4o3)cc2)cc1N(C(=O)C1CCCCC1)C(C)C. The van der Waals surface area contributed by atoms with Gasteiger partial charge in [-0.05, 0) is 62.6 Å². The molecule has 0 unspecified atom stereocenters. The van der Waals surface area contributed by atoms with E-state index in [1.165, 1.54) is 24.9 Å². The summed E-state index contributed by atoms with van der Waals surface area (Å²) in [5.74, 6) is 0.166. The highest BCUT2D eigenvalue weighted by molar-refractivity contribution is 7.18. The lowest BCUT2D eigenvalue weighted by Crippen LogP contribution is -2.42. The monoisotopic (exact) mass is 503 g/mol. The second-order valence-corrected chi connectivity index (χ2v) is 10.4. The van der Waals surface area contributed by atoms with E-state index in [4.69, 9.17) is 9.15 Å². The first kappa shape index (κ1) is 24.2. The maximum Gasteiger partial charge on any atom is 0.350 e. The number of ether oxygens (including phenoxy) is 1. The number of hydrogen-bond acceptors (Lipinski definition) is 7. The minimum atomic E-state index is -0.432. The summed E-state index contributed by atoms with van der Waals surface area (Å²) in [5.41, 5.74) is 3.60.